The quantitative estimate of drug-likeness (QED) is 0.513. The van der Waals surface area contributed by atoms with E-state index in [1.54, 1.807) is 23.9 Å². The van der Waals surface area contributed by atoms with Crippen molar-refractivity contribution in [2.75, 3.05) is 18.5 Å². The van der Waals surface area contributed by atoms with E-state index in [4.69, 9.17) is 4.42 Å². The minimum atomic E-state index is 0.0541. The fourth-order valence-electron chi connectivity index (χ4n) is 2.90. The molecule has 3 aromatic heterocycles. The number of benzene rings is 1. The Labute approximate surface area is 155 Å². The second-order valence-corrected chi connectivity index (χ2v) is 7.16. The first kappa shape index (κ1) is 16.8. The van der Waals surface area contributed by atoms with Gasteiger partial charge in [-0.3, -0.25) is 0 Å². The van der Waals surface area contributed by atoms with Crippen molar-refractivity contribution in [3.63, 3.8) is 0 Å². The zero-order valence-electron chi connectivity index (χ0n) is 14.1. The van der Waals surface area contributed by atoms with E-state index in [1.807, 2.05) is 30.3 Å². The molecule has 0 radical (unpaired) electrons. The number of hydrogen-bond acceptors (Lipinski definition) is 6. The molecule has 0 saturated carbocycles. The van der Waals surface area contributed by atoms with Gasteiger partial charge in [-0.2, -0.15) is 0 Å². The molecule has 1 aromatic carbocycles. The van der Waals surface area contributed by atoms with Gasteiger partial charge in [-0.15, -0.1) is 11.3 Å². The van der Waals surface area contributed by atoms with Crippen molar-refractivity contribution in [1.29, 1.82) is 0 Å². The molecule has 0 saturated heterocycles. The third kappa shape index (κ3) is 3.61. The Morgan fingerprint density at radius 1 is 1.12 bits per heavy atom. The van der Waals surface area contributed by atoms with E-state index >= 15 is 0 Å². The monoisotopic (exact) mass is 365 g/mol. The van der Waals surface area contributed by atoms with Crippen molar-refractivity contribution in [2.45, 2.75) is 6.42 Å². The summed E-state index contributed by atoms with van der Waals surface area (Å²) in [6.07, 6.45) is 3.92. The molecule has 0 bridgehead atoms. The van der Waals surface area contributed by atoms with E-state index in [2.05, 4.69) is 33.5 Å². The highest BCUT2D eigenvalue weighted by molar-refractivity contribution is 7.21. The van der Waals surface area contributed by atoms with E-state index in [0.717, 1.165) is 21.8 Å². The van der Waals surface area contributed by atoms with Gasteiger partial charge in [-0.25, -0.2) is 9.97 Å². The van der Waals surface area contributed by atoms with Gasteiger partial charge in [0.2, 0.25) is 0 Å². The lowest BCUT2D eigenvalue weighted by Gasteiger charge is -2.14. The first-order chi connectivity index (χ1) is 12.8. The van der Waals surface area contributed by atoms with Gasteiger partial charge in [0.05, 0.1) is 11.6 Å². The van der Waals surface area contributed by atoms with Crippen molar-refractivity contribution in [2.24, 2.45) is 5.92 Å². The predicted octanol–water partition coefficient (Wildman–Crippen LogP) is 4.21. The van der Waals surface area contributed by atoms with Crippen LogP contribution in [0, 0.1) is 5.92 Å². The van der Waals surface area contributed by atoms with Crippen LogP contribution in [0.25, 0.3) is 20.7 Å². The molecule has 0 spiro atoms. The predicted molar refractivity (Wildman–Crippen MR) is 104 cm³/mol. The topological polar surface area (TPSA) is 71.2 Å². The SMILES string of the molecule is OCC(CNc1ncnc2sc(-c3ccccc3)cc12)Cc1ccco1. The maximum atomic E-state index is 9.66. The number of nitrogens with zero attached hydrogens (tertiary/aromatic N) is 2. The zero-order valence-corrected chi connectivity index (χ0v) is 14.9. The average molecular weight is 365 g/mol. The van der Waals surface area contributed by atoms with Gasteiger partial charge in [0.15, 0.2) is 0 Å². The largest absolute Gasteiger partial charge is 0.469 e. The summed E-state index contributed by atoms with van der Waals surface area (Å²) in [6.45, 7) is 0.695. The second-order valence-electron chi connectivity index (χ2n) is 6.13. The highest BCUT2D eigenvalue weighted by atomic mass is 32.1. The lowest BCUT2D eigenvalue weighted by molar-refractivity contribution is 0.226. The molecule has 0 fully saturated rings. The Morgan fingerprint density at radius 3 is 2.77 bits per heavy atom. The van der Waals surface area contributed by atoms with E-state index in [-0.39, 0.29) is 12.5 Å². The van der Waals surface area contributed by atoms with Crippen molar-refractivity contribution in [3.8, 4) is 10.4 Å². The molecule has 5 nitrogen and oxygen atoms in total. The van der Waals surface area contributed by atoms with Crippen molar-refractivity contribution < 1.29 is 9.52 Å². The summed E-state index contributed by atoms with van der Waals surface area (Å²) >= 11 is 1.65. The average Bonchev–Trinajstić information content (AvgIpc) is 3.35. The molecule has 0 aliphatic carbocycles. The standard InChI is InChI=1S/C20H19N3O2S/c24-12-14(9-16-7-4-8-25-16)11-21-19-17-10-18(15-5-2-1-3-6-15)26-20(17)23-13-22-19/h1-8,10,13-14,24H,9,11-12H2,(H,21,22,23). The van der Waals surface area contributed by atoms with Gasteiger partial charge in [0.1, 0.15) is 22.7 Å². The normalized spacial score (nSPS) is 12.3. The van der Waals surface area contributed by atoms with Crippen LogP contribution >= 0.6 is 11.3 Å². The number of aliphatic hydroxyl groups is 1. The first-order valence-corrected chi connectivity index (χ1v) is 9.32. The number of rotatable bonds is 7. The van der Waals surface area contributed by atoms with Crippen LogP contribution in [0.4, 0.5) is 5.82 Å². The van der Waals surface area contributed by atoms with Gasteiger partial charge in [0.25, 0.3) is 0 Å². The van der Waals surface area contributed by atoms with Crippen molar-refractivity contribution in [3.05, 3.63) is 66.9 Å². The van der Waals surface area contributed by atoms with Crippen LogP contribution in [-0.2, 0) is 6.42 Å². The molecule has 6 heteroatoms. The number of aliphatic hydroxyl groups excluding tert-OH is 1. The first-order valence-electron chi connectivity index (χ1n) is 8.50. The summed E-state index contributed by atoms with van der Waals surface area (Å²) in [5.74, 6) is 1.73. The molecule has 3 heterocycles. The van der Waals surface area contributed by atoms with Crippen LogP contribution in [0.1, 0.15) is 5.76 Å². The summed E-state index contributed by atoms with van der Waals surface area (Å²) in [5, 5.41) is 14.0. The Morgan fingerprint density at radius 2 is 2.00 bits per heavy atom. The molecular weight excluding hydrogens is 346 g/mol. The molecule has 4 aromatic rings. The lowest BCUT2D eigenvalue weighted by atomic mass is 10.1. The molecule has 2 N–H and O–H groups in total. The van der Waals surface area contributed by atoms with Crippen LogP contribution in [0.15, 0.2) is 65.5 Å². The van der Waals surface area contributed by atoms with Crippen molar-refractivity contribution >= 4 is 27.4 Å². The smallest absolute Gasteiger partial charge is 0.138 e. The number of aromatic nitrogens is 2. The number of furan rings is 1. The summed E-state index contributed by atoms with van der Waals surface area (Å²) in [5.41, 5.74) is 1.17. The maximum Gasteiger partial charge on any atom is 0.138 e. The minimum absolute atomic E-state index is 0.0541. The Kier molecular flexibility index (Phi) is 4.95. The fraction of sp³-hybridized carbons (Fsp3) is 0.200. The van der Waals surface area contributed by atoms with Crippen LogP contribution in [-0.4, -0.2) is 28.2 Å². The molecular formula is C20H19N3O2S. The summed E-state index contributed by atoms with van der Waals surface area (Å²) < 4.78 is 5.38. The Balaban J connectivity index is 1.53. The lowest BCUT2D eigenvalue weighted by Crippen LogP contribution is -2.20. The number of hydrogen-bond donors (Lipinski definition) is 2. The molecule has 0 aliphatic heterocycles. The zero-order chi connectivity index (χ0) is 17.8. The number of fused-ring (bicyclic) bond motifs is 1. The summed E-state index contributed by atoms with van der Waals surface area (Å²) in [4.78, 5) is 10.9. The highest BCUT2D eigenvalue weighted by Crippen LogP contribution is 2.34. The van der Waals surface area contributed by atoms with Gasteiger partial charge < -0.3 is 14.8 Å². The van der Waals surface area contributed by atoms with E-state index in [9.17, 15) is 5.11 Å². The van der Waals surface area contributed by atoms with E-state index in [0.29, 0.717) is 13.0 Å². The molecule has 132 valence electrons. The van der Waals surface area contributed by atoms with Gasteiger partial charge in [0, 0.05) is 30.4 Å². The number of nitrogens with one attached hydrogen (secondary N) is 1. The van der Waals surface area contributed by atoms with Crippen molar-refractivity contribution in [1.82, 2.24) is 9.97 Å². The fourth-order valence-corrected chi connectivity index (χ4v) is 3.90. The molecule has 1 atom stereocenters. The van der Waals surface area contributed by atoms with E-state index in [1.165, 1.54) is 10.4 Å². The highest BCUT2D eigenvalue weighted by Gasteiger charge is 2.14. The van der Waals surface area contributed by atoms with Crippen LogP contribution in [0.3, 0.4) is 0 Å². The minimum Gasteiger partial charge on any atom is -0.469 e. The van der Waals surface area contributed by atoms with Crippen LogP contribution in [0.5, 0.6) is 0 Å². The Bertz CT molecular complexity index is 967. The molecule has 1 unspecified atom stereocenters. The number of thiophene rings is 1. The second kappa shape index (κ2) is 7.68. The summed E-state index contributed by atoms with van der Waals surface area (Å²) in [7, 11) is 0. The van der Waals surface area contributed by atoms with Gasteiger partial charge in [-0.05, 0) is 23.8 Å². The Hall–Kier alpha value is -2.70. The van der Waals surface area contributed by atoms with Gasteiger partial charge >= 0.3 is 0 Å². The summed E-state index contributed by atoms with van der Waals surface area (Å²) in [6, 6.07) is 16.2. The molecule has 4 rings (SSSR count). The van der Waals surface area contributed by atoms with E-state index < -0.39 is 0 Å². The van der Waals surface area contributed by atoms with Crippen LogP contribution < -0.4 is 5.32 Å². The van der Waals surface area contributed by atoms with Gasteiger partial charge in [-0.1, -0.05) is 30.3 Å². The third-order valence-corrected chi connectivity index (χ3v) is 5.37. The van der Waals surface area contributed by atoms with Crippen LogP contribution in [0.2, 0.25) is 0 Å². The molecule has 0 aliphatic rings. The number of anilines is 1. The third-order valence-electron chi connectivity index (χ3n) is 4.27. The molecule has 26 heavy (non-hydrogen) atoms. The maximum absolute atomic E-state index is 9.66. The molecule has 0 amide bonds.